The van der Waals surface area contributed by atoms with E-state index in [-0.39, 0.29) is 33.8 Å². The maximum absolute atomic E-state index is 15.9. The molecule has 8 heteroatoms. The number of carbonyl (C=O) groups is 2. The Bertz CT molecular complexity index is 3250. The summed E-state index contributed by atoms with van der Waals surface area (Å²) in [5.41, 5.74) is 4.35. The minimum atomic E-state index is -3.14. The zero-order valence-electron chi connectivity index (χ0n) is 35.6. The molecular weight excluding hydrogens is 841 g/mol. The number of benzene rings is 9. The summed E-state index contributed by atoms with van der Waals surface area (Å²) in [4.78, 5) is 40.0. The van der Waals surface area contributed by atoms with Gasteiger partial charge in [0.15, 0.2) is 19.6 Å². The highest BCUT2D eigenvalue weighted by Gasteiger charge is 2.50. The minimum absolute atomic E-state index is 0.00504. The number of hydrogen-bond acceptors (Lipinski definition) is 5. The molecule has 6 nitrogen and oxygen atoms in total. The van der Waals surface area contributed by atoms with Gasteiger partial charge >= 0.3 is 0 Å². The van der Waals surface area contributed by atoms with E-state index in [1.807, 2.05) is 107 Å². The summed E-state index contributed by atoms with van der Waals surface area (Å²) < 4.78 is 0. The first kappa shape index (κ1) is 40.1. The number of nitrogens with zero attached hydrogens (tertiary/aromatic N) is 4. The number of nitriles is 1. The van der Waals surface area contributed by atoms with Crippen molar-refractivity contribution in [2.45, 2.75) is 0 Å². The molecule has 66 heavy (non-hydrogen) atoms. The topological polar surface area (TPSA) is 68.8 Å². The second-order valence-electron chi connectivity index (χ2n) is 16.4. The van der Waals surface area contributed by atoms with Gasteiger partial charge in [0.05, 0.1) is 44.2 Å². The van der Waals surface area contributed by atoms with E-state index in [0.717, 1.165) is 43.5 Å². The van der Waals surface area contributed by atoms with E-state index in [0.29, 0.717) is 11.1 Å². The summed E-state index contributed by atoms with van der Waals surface area (Å²) in [5.74, 6) is -0.867. The van der Waals surface area contributed by atoms with E-state index in [1.54, 1.807) is 48.5 Å². The monoisotopic (exact) mass is 878 g/mol. The molecule has 0 atom stereocenters. The quantitative estimate of drug-likeness (QED) is 0.0870. The third kappa shape index (κ3) is 6.12. The molecule has 0 aliphatic carbocycles. The Balaban J connectivity index is 1.34. The van der Waals surface area contributed by atoms with Gasteiger partial charge in [0.25, 0.3) is 0 Å². The van der Waals surface area contributed by atoms with E-state index >= 15 is 9.59 Å². The second-order valence-corrected chi connectivity index (χ2v) is 22.0. The van der Waals surface area contributed by atoms with Crippen LogP contribution in [0.15, 0.2) is 218 Å². The fourth-order valence-corrected chi connectivity index (χ4v) is 17.2. The van der Waals surface area contributed by atoms with Crippen LogP contribution in [0.3, 0.4) is 0 Å². The number of para-hydroxylation sites is 4. The van der Waals surface area contributed by atoms with Crippen molar-refractivity contribution in [1.82, 2.24) is 0 Å². The molecule has 2 aliphatic heterocycles. The fraction of sp³-hybridized carbons (Fsp3) is 0. The molecule has 0 spiro atoms. The number of anilines is 6. The Kier molecular flexibility index (Phi) is 10.0. The molecule has 0 amide bonds. The van der Waals surface area contributed by atoms with Gasteiger partial charge in [0.2, 0.25) is 5.69 Å². The molecule has 0 aromatic heterocycles. The van der Waals surface area contributed by atoms with Crippen LogP contribution >= 0.6 is 0 Å². The van der Waals surface area contributed by atoms with E-state index in [9.17, 15) is 11.8 Å². The summed E-state index contributed by atoms with van der Waals surface area (Å²) in [6, 6.07) is 74.2. The van der Waals surface area contributed by atoms with Crippen LogP contribution in [0.1, 0.15) is 37.4 Å². The van der Waals surface area contributed by atoms with Crippen LogP contribution in [-0.4, -0.2) is 29.2 Å². The Morgan fingerprint density at radius 1 is 0.470 bits per heavy atom. The predicted molar refractivity (Wildman–Crippen MR) is 272 cm³/mol. The number of fused-ring (bicyclic) bond motifs is 4. The molecule has 0 saturated carbocycles. The van der Waals surface area contributed by atoms with E-state index < -0.39 is 29.2 Å². The van der Waals surface area contributed by atoms with Crippen molar-refractivity contribution >= 4 is 100 Å². The first-order chi connectivity index (χ1) is 32.6. The lowest BCUT2D eigenvalue weighted by Gasteiger charge is -2.46. The molecule has 9 aromatic carbocycles. The number of carbonyl (C=O) groups excluding carboxylic acids is 2. The average Bonchev–Trinajstić information content (AvgIpc) is 3.39. The third-order valence-corrected chi connectivity index (χ3v) is 19.8. The van der Waals surface area contributed by atoms with Crippen LogP contribution in [0.25, 0.3) is 4.85 Å². The van der Waals surface area contributed by atoms with Gasteiger partial charge in [0.1, 0.15) is 6.07 Å². The number of ketones is 2. The van der Waals surface area contributed by atoms with Crippen molar-refractivity contribution in [2.24, 2.45) is 0 Å². The fourth-order valence-electron chi connectivity index (χ4n) is 10.3. The zero-order chi connectivity index (χ0) is 44.8. The molecule has 0 unspecified atom stereocenters. The van der Waals surface area contributed by atoms with E-state index in [4.69, 9.17) is 0 Å². The summed E-state index contributed by atoms with van der Waals surface area (Å²) in [6.45, 7) is 9.28. The van der Waals surface area contributed by atoms with Crippen LogP contribution in [-0.2, 0) is 0 Å². The van der Waals surface area contributed by atoms with Crippen LogP contribution in [0.2, 0.25) is 0 Å². The molecule has 0 fully saturated rings. The van der Waals surface area contributed by atoms with Crippen molar-refractivity contribution in [3.05, 3.63) is 258 Å². The summed E-state index contributed by atoms with van der Waals surface area (Å²) >= 11 is 0. The Hall–Kier alpha value is -8.67. The number of hydrogen-bond donors (Lipinski definition) is 0. The minimum Gasteiger partial charge on any atom is -0.319 e. The normalized spacial score (nSPS) is 12.9. The molecular formula is C58H38N4O2Si2. The van der Waals surface area contributed by atoms with E-state index in [2.05, 4.69) is 83.7 Å². The molecule has 0 N–H and O–H groups in total. The highest BCUT2D eigenvalue weighted by atomic mass is 28.3. The lowest BCUT2D eigenvalue weighted by molar-refractivity contribution is 0.103. The maximum atomic E-state index is 15.9. The molecule has 2 aliphatic rings. The molecule has 0 radical (unpaired) electrons. The van der Waals surface area contributed by atoms with Crippen molar-refractivity contribution in [3.8, 4) is 6.07 Å². The van der Waals surface area contributed by atoms with Crippen molar-refractivity contribution < 1.29 is 9.59 Å². The molecule has 11 rings (SSSR count). The van der Waals surface area contributed by atoms with Gasteiger partial charge in [-0.25, -0.2) is 4.85 Å². The first-order valence-electron chi connectivity index (χ1n) is 21.8. The molecule has 2 heterocycles. The standard InChI is InChI=1S/C58H38N4O2Si2/c1-60-54-53(58(64)40-24-8-3-9-25-40)56(61-44-30-14-18-34-48(44)65-49-35-19-15-31-45(49)61)52(57(63)39-22-6-2-7-23-39)43(38-59)55(54)62-46-32-16-20-36-50(46)66(41-26-10-4-11-27-41,42-28-12-5-13-29-42)51-37-21-17-33-47(51)62/h2-37H,65H2. The van der Waals surface area contributed by atoms with Gasteiger partial charge in [-0.05, 0) is 55.4 Å². The largest absolute Gasteiger partial charge is 0.319 e. The van der Waals surface area contributed by atoms with Crippen LogP contribution < -0.4 is 40.9 Å². The average molecular weight is 879 g/mol. The van der Waals surface area contributed by atoms with Gasteiger partial charge < -0.3 is 9.80 Å². The highest BCUT2D eigenvalue weighted by Crippen LogP contribution is 2.53. The number of rotatable bonds is 8. The van der Waals surface area contributed by atoms with Crippen molar-refractivity contribution in [2.75, 3.05) is 9.80 Å². The van der Waals surface area contributed by atoms with Gasteiger partial charge in [-0.2, -0.15) is 5.26 Å². The van der Waals surface area contributed by atoms with Gasteiger partial charge in [-0.3, -0.25) is 9.59 Å². The third-order valence-electron chi connectivity index (χ3n) is 13.0. The van der Waals surface area contributed by atoms with Gasteiger partial charge in [0, 0.05) is 33.9 Å². The molecule has 310 valence electrons. The van der Waals surface area contributed by atoms with Crippen molar-refractivity contribution in [1.29, 1.82) is 5.26 Å². The Morgan fingerprint density at radius 3 is 1.30 bits per heavy atom. The SMILES string of the molecule is [C-]#[N+]c1c(C(=O)c2ccccc2)c(N2c3ccccc3[SiH2]c3ccccc32)c(C(=O)c2ccccc2)c(C#N)c1N1c2ccccc2[Si](c2ccccc2)(c2ccccc2)c2ccccc21. The van der Waals surface area contributed by atoms with Crippen molar-refractivity contribution in [3.63, 3.8) is 0 Å². The predicted octanol–water partition coefficient (Wildman–Crippen LogP) is 8.63. The highest BCUT2D eigenvalue weighted by molar-refractivity contribution is 7.21. The smallest absolute Gasteiger partial charge is 0.225 e. The molecule has 0 saturated heterocycles. The molecule has 0 bridgehead atoms. The zero-order valence-corrected chi connectivity index (χ0v) is 38.0. The Labute approximate surface area is 386 Å². The first-order valence-corrected chi connectivity index (χ1v) is 25.2. The van der Waals surface area contributed by atoms with Crippen LogP contribution in [0.5, 0.6) is 0 Å². The van der Waals surface area contributed by atoms with Gasteiger partial charge in [-0.1, -0.05) is 194 Å². The maximum Gasteiger partial charge on any atom is 0.225 e. The lowest BCUT2D eigenvalue weighted by atomic mass is 9.86. The van der Waals surface area contributed by atoms with E-state index in [1.165, 1.54) is 10.4 Å². The van der Waals surface area contributed by atoms with Crippen LogP contribution in [0.4, 0.5) is 39.8 Å². The summed E-state index contributed by atoms with van der Waals surface area (Å²) in [6.07, 6.45) is 0. The summed E-state index contributed by atoms with van der Waals surface area (Å²) in [5, 5.41) is 18.6. The van der Waals surface area contributed by atoms with Gasteiger partial charge in [-0.15, -0.1) is 0 Å². The molecule has 9 aromatic rings. The summed E-state index contributed by atoms with van der Waals surface area (Å²) in [7, 11) is -4.15. The second kappa shape index (κ2) is 16.5. The van der Waals surface area contributed by atoms with Crippen LogP contribution in [0, 0.1) is 17.9 Å². The Morgan fingerprint density at radius 2 is 0.848 bits per heavy atom. The lowest BCUT2D eigenvalue weighted by Crippen LogP contribution is -2.77.